The van der Waals surface area contributed by atoms with Crippen molar-refractivity contribution in [2.45, 2.75) is 39.7 Å². The Hall–Kier alpha value is -2.96. The van der Waals surface area contributed by atoms with Gasteiger partial charge in [-0.3, -0.25) is 14.2 Å². The first-order valence-corrected chi connectivity index (χ1v) is 9.25. The van der Waals surface area contributed by atoms with Gasteiger partial charge in [0.2, 0.25) is 5.91 Å². The van der Waals surface area contributed by atoms with Gasteiger partial charge in [0.05, 0.1) is 18.2 Å². The van der Waals surface area contributed by atoms with Crippen molar-refractivity contribution >= 4 is 16.9 Å². The Labute approximate surface area is 158 Å². The van der Waals surface area contributed by atoms with Crippen LogP contribution in [-0.2, 0) is 11.3 Å². The Balaban J connectivity index is 1.79. The first-order chi connectivity index (χ1) is 13.0. The van der Waals surface area contributed by atoms with Crippen LogP contribution in [0.3, 0.4) is 0 Å². The third-order valence-corrected chi connectivity index (χ3v) is 4.67. The molecule has 2 heterocycles. The maximum absolute atomic E-state index is 12.7. The van der Waals surface area contributed by atoms with Crippen molar-refractivity contribution in [2.24, 2.45) is 0 Å². The summed E-state index contributed by atoms with van der Waals surface area (Å²) >= 11 is 0. The monoisotopic (exact) mass is 367 g/mol. The summed E-state index contributed by atoms with van der Waals surface area (Å²) in [5, 5.41) is 4.77. The van der Waals surface area contributed by atoms with Gasteiger partial charge >= 0.3 is 0 Å². The van der Waals surface area contributed by atoms with Crippen molar-refractivity contribution in [3.63, 3.8) is 0 Å². The van der Waals surface area contributed by atoms with Gasteiger partial charge in [0.25, 0.3) is 5.56 Å². The number of unbranched alkanes of at least 4 members (excludes halogenated alkanes) is 1. The Kier molecular flexibility index (Phi) is 5.69. The van der Waals surface area contributed by atoms with Crippen LogP contribution in [0.1, 0.15) is 31.7 Å². The van der Waals surface area contributed by atoms with Crippen molar-refractivity contribution < 1.29 is 4.79 Å². The third kappa shape index (κ3) is 4.07. The van der Waals surface area contributed by atoms with Crippen LogP contribution >= 0.6 is 0 Å². The molecule has 0 bridgehead atoms. The summed E-state index contributed by atoms with van der Waals surface area (Å²) in [7, 11) is 1.80. The van der Waals surface area contributed by atoms with E-state index in [1.165, 1.54) is 17.1 Å². The maximum atomic E-state index is 12.7. The van der Waals surface area contributed by atoms with Crippen LogP contribution in [0.5, 0.6) is 0 Å². The molecule has 0 aliphatic rings. The first-order valence-electron chi connectivity index (χ1n) is 9.25. The largest absolute Gasteiger partial charge is 0.346 e. The van der Waals surface area contributed by atoms with Crippen LogP contribution in [0.2, 0.25) is 0 Å². The second kappa shape index (κ2) is 8.16. The number of carbonyl (C=O) groups excluding carboxylic acids is 1. The highest BCUT2D eigenvalue weighted by molar-refractivity contribution is 5.76. The molecule has 0 spiro atoms. The fourth-order valence-corrected chi connectivity index (χ4v) is 2.91. The number of carbonyl (C=O) groups is 1. The summed E-state index contributed by atoms with van der Waals surface area (Å²) in [6, 6.07) is 7.87. The Morgan fingerprint density at radius 3 is 2.67 bits per heavy atom. The number of fused-ring (bicyclic) bond motifs is 1. The number of hydrogen-bond acceptors (Lipinski definition) is 4. The van der Waals surface area contributed by atoms with Crippen LogP contribution in [0.15, 0.2) is 41.6 Å². The molecule has 1 aromatic carbocycles. The molecule has 2 aromatic heterocycles. The topological polar surface area (TPSA) is 73.0 Å². The summed E-state index contributed by atoms with van der Waals surface area (Å²) < 4.78 is 3.14. The number of aromatic nitrogens is 4. The fourth-order valence-electron chi connectivity index (χ4n) is 2.91. The summed E-state index contributed by atoms with van der Waals surface area (Å²) in [4.78, 5) is 31.0. The highest BCUT2D eigenvalue weighted by Crippen LogP contribution is 2.14. The number of benzene rings is 1. The smallest absolute Gasteiger partial charge is 0.264 e. The minimum atomic E-state index is -0.178. The summed E-state index contributed by atoms with van der Waals surface area (Å²) in [6.45, 7) is 5.16. The van der Waals surface area contributed by atoms with E-state index in [9.17, 15) is 9.59 Å². The minimum absolute atomic E-state index is 0.0331. The van der Waals surface area contributed by atoms with E-state index in [0.717, 1.165) is 30.6 Å². The minimum Gasteiger partial charge on any atom is -0.346 e. The quantitative estimate of drug-likeness (QED) is 0.643. The van der Waals surface area contributed by atoms with Crippen LogP contribution in [0.4, 0.5) is 0 Å². The van der Waals surface area contributed by atoms with Gasteiger partial charge in [-0.2, -0.15) is 5.10 Å². The van der Waals surface area contributed by atoms with Crippen molar-refractivity contribution in [2.75, 3.05) is 13.6 Å². The average Bonchev–Trinajstić information content (AvgIpc) is 3.10. The molecule has 1 amide bonds. The lowest BCUT2D eigenvalue weighted by molar-refractivity contribution is -0.130. The number of amides is 1. The standard InChI is InChI=1S/C20H25N5O2/c1-4-5-11-23(3)18(26)10-12-24-14-21-19-17(20(24)27)13-22-25(19)16-8-6-15(2)7-9-16/h6-9,13-14H,4-5,10-12H2,1-3H3. The average molecular weight is 367 g/mol. The van der Waals surface area contributed by atoms with Gasteiger partial charge in [-0.05, 0) is 25.5 Å². The van der Waals surface area contributed by atoms with Gasteiger partial charge in [-0.1, -0.05) is 31.0 Å². The number of rotatable bonds is 7. The number of nitrogens with zero attached hydrogens (tertiary/aromatic N) is 5. The molecule has 27 heavy (non-hydrogen) atoms. The van der Waals surface area contributed by atoms with Gasteiger partial charge < -0.3 is 4.90 Å². The molecular weight excluding hydrogens is 342 g/mol. The molecule has 0 unspecified atom stereocenters. The Bertz CT molecular complexity index is 988. The van der Waals surface area contributed by atoms with Crippen LogP contribution in [0.25, 0.3) is 16.7 Å². The van der Waals surface area contributed by atoms with Gasteiger partial charge in [-0.25, -0.2) is 9.67 Å². The molecule has 0 radical (unpaired) electrons. The second-order valence-electron chi connectivity index (χ2n) is 6.79. The zero-order valence-corrected chi connectivity index (χ0v) is 16.1. The molecule has 3 aromatic rings. The van der Waals surface area contributed by atoms with Crippen molar-refractivity contribution in [3.05, 3.63) is 52.7 Å². The van der Waals surface area contributed by atoms with Crippen molar-refractivity contribution in [1.29, 1.82) is 0 Å². The molecule has 0 fully saturated rings. The highest BCUT2D eigenvalue weighted by atomic mass is 16.2. The Morgan fingerprint density at radius 1 is 1.22 bits per heavy atom. The number of aryl methyl sites for hydroxylation is 2. The third-order valence-electron chi connectivity index (χ3n) is 4.67. The predicted molar refractivity (Wildman–Crippen MR) is 105 cm³/mol. The molecule has 7 nitrogen and oxygen atoms in total. The summed E-state index contributed by atoms with van der Waals surface area (Å²) in [5.74, 6) is 0.0331. The normalized spacial score (nSPS) is 11.1. The number of hydrogen-bond donors (Lipinski definition) is 0. The highest BCUT2D eigenvalue weighted by Gasteiger charge is 2.13. The molecule has 0 atom stereocenters. The van der Waals surface area contributed by atoms with Crippen molar-refractivity contribution in [1.82, 2.24) is 24.2 Å². The second-order valence-corrected chi connectivity index (χ2v) is 6.79. The van der Waals surface area contributed by atoms with E-state index >= 15 is 0 Å². The molecule has 0 N–H and O–H groups in total. The lowest BCUT2D eigenvalue weighted by Gasteiger charge is -2.16. The zero-order chi connectivity index (χ0) is 19.4. The van der Waals surface area contributed by atoms with Crippen LogP contribution < -0.4 is 5.56 Å². The van der Waals surface area contributed by atoms with E-state index in [-0.39, 0.29) is 17.9 Å². The zero-order valence-electron chi connectivity index (χ0n) is 16.1. The van der Waals surface area contributed by atoms with E-state index in [2.05, 4.69) is 17.0 Å². The fraction of sp³-hybridized carbons (Fsp3) is 0.400. The van der Waals surface area contributed by atoms with Gasteiger partial charge in [-0.15, -0.1) is 0 Å². The van der Waals surface area contributed by atoms with Crippen LogP contribution in [0, 0.1) is 6.92 Å². The lowest BCUT2D eigenvalue weighted by atomic mass is 10.2. The molecule has 7 heteroatoms. The van der Waals surface area contributed by atoms with E-state index in [1.54, 1.807) is 16.6 Å². The summed E-state index contributed by atoms with van der Waals surface area (Å²) in [6.07, 6.45) is 5.34. The summed E-state index contributed by atoms with van der Waals surface area (Å²) in [5.41, 5.74) is 2.35. The molecular formula is C20H25N5O2. The SMILES string of the molecule is CCCCN(C)C(=O)CCn1cnc2c(cnn2-c2ccc(C)cc2)c1=O. The molecule has 3 rings (SSSR count). The van der Waals surface area contributed by atoms with E-state index in [0.29, 0.717) is 17.6 Å². The van der Waals surface area contributed by atoms with Crippen molar-refractivity contribution in [3.8, 4) is 5.69 Å². The molecule has 142 valence electrons. The maximum Gasteiger partial charge on any atom is 0.264 e. The van der Waals surface area contributed by atoms with Gasteiger partial charge in [0, 0.05) is 26.6 Å². The Morgan fingerprint density at radius 2 is 1.96 bits per heavy atom. The van der Waals surface area contributed by atoms with E-state index in [1.807, 2.05) is 31.2 Å². The molecule has 0 saturated carbocycles. The molecule has 0 aliphatic carbocycles. The van der Waals surface area contributed by atoms with E-state index < -0.39 is 0 Å². The lowest BCUT2D eigenvalue weighted by Crippen LogP contribution is -2.30. The van der Waals surface area contributed by atoms with Crippen LogP contribution in [-0.4, -0.2) is 43.7 Å². The predicted octanol–water partition coefficient (Wildman–Crippen LogP) is 2.54. The van der Waals surface area contributed by atoms with Gasteiger partial charge in [0.15, 0.2) is 5.65 Å². The van der Waals surface area contributed by atoms with Gasteiger partial charge in [0.1, 0.15) is 5.39 Å². The first kappa shape index (κ1) is 18.8. The van der Waals surface area contributed by atoms with E-state index in [4.69, 9.17) is 0 Å². The molecule has 0 saturated heterocycles. The molecule has 0 aliphatic heterocycles.